The minimum absolute atomic E-state index is 0.0327. The monoisotopic (exact) mass is 440 g/mol. The van der Waals surface area contributed by atoms with Gasteiger partial charge in [0, 0.05) is 11.8 Å². The first-order chi connectivity index (χ1) is 15.1. The number of allylic oxidation sites excluding steroid dienone is 1. The van der Waals surface area contributed by atoms with Gasteiger partial charge >= 0.3 is 5.97 Å². The highest BCUT2D eigenvalue weighted by molar-refractivity contribution is 5.92. The molecule has 3 fully saturated rings. The number of rotatable bonds is 2. The van der Waals surface area contributed by atoms with E-state index in [-0.39, 0.29) is 28.3 Å². The Bertz CT molecular complexity index is 989. The minimum atomic E-state index is -0.642. The van der Waals surface area contributed by atoms with Gasteiger partial charge in [-0.15, -0.1) is 0 Å². The number of ketones is 1. The fourth-order valence-corrected chi connectivity index (χ4v) is 7.62. The molecule has 1 aromatic rings. The molecule has 0 saturated heterocycles. The Labute approximate surface area is 188 Å². The van der Waals surface area contributed by atoms with Crippen LogP contribution in [-0.4, -0.2) is 33.2 Å². The SMILES string of the molecule is C[C@]12CC[C@H]3[C@@H](CCC4=CC(=O)CC[C@@]43C)[C@@H]1CC[C@@H]2OC(=O)c1cc(O)c(O)c(O)c1. The second-order valence-corrected chi connectivity index (χ2v) is 10.8. The highest BCUT2D eigenvalue weighted by Crippen LogP contribution is 2.65. The van der Waals surface area contributed by atoms with E-state index < -0.39 is 23.2 Å². The van der Waals surface area contributed by atoms with Gasteiger partial charge in [0.15, 0.2) is 23.0 Å². The van der Waals surface area contributed by atoms with E-state index in [2.05, 4.69) is 13.8 Å². The van der Waals surface area contributed by atoms with Crippen molar-refractivity contribution in [1.82, 2.24) is 0 Å². The molecular formula is C26H32O6. The number of carbonyl (C=O) groups excluding carboxylic acids is 2. The number of phenols is 3. The van der Waals surface area contributed by atoms with Crippen molar-refractivity contribution in [2.45, 2.75) is 71.3 Å². The summed E-state index contributed by atoms with van der Waals surface area (Å²) in [4.78, 5) is 24.8. The standard InChI is InChI=1S/C26H32O6/c1-25-9-7-16(27)13-15(25)3-4-17-18-5-6-22(26(18,2)10-8-19(17)25)32-24(31)14-11-20(28)23(30)21(29)12-14/h11-13,17-19,22,28-30H,3-10H2,1-2H3/t17-,18-,19-,22-,25-,26-/m0/s1. The lowest BCUT2D eigenvalue weighted by atomic mass is 9.47. The van der Waals surface area contributed by atoms with Crippen LogP contribution >= 0.6 is 0 Å². The third-order valence-electron chi connectivity index (χ3n) is 9.43. The molecule has 0 bridgehead atoms. The number of esters is 1. The molecule has 3 N–H and O–H groups in total. The highest BCUT2D eigenvalue weighted by atomic mass is 16.5. The number of aromatic hydroxyl groups is 3. The summed E-state index contributed by atoms with van der Waals surface area (Å²) in [6.45, 7) is 4.61. The van der Waals surface area contributed by atoms with E-state index in [4.69, 9.17) is 4.74 Å². The lowest BCUT2D eigenvalue weighted by molar-refractivity contribution is -0.118. The summed E-state index contributed by atoms with van der Waals surface area (Å²) in [5, 5.41) is 29.0. The largest absolute Gasteiger partial charge is 0.504 e. The molecule has 3 saturated carbocycles. The lowest BCUT2D eigenvalue weighted by Crippen LogP contribution is -2.51. The molecule has 0 spiro atoms. The first-order valence-corrected chi connectivity index (χ1v) is 11.8. The first-order valence-electron chi connectivity index (χ1n) is 11.8. The van der Waals surface area contributed by atoms with Gasteiger partial charge in [-0.05, 0) is 86.3 Å². The summed E-state index contributed by atoms with van der Waals surface area (Å²) < 4.78 is 5.95. The molecule has 0 heterocycles. The van der Waals surface area contributed by atoms with Crippen LogP contribution in [0.1, 0.15) is 75.6 Å². The number of carbonyl (C=O) groups is 2. The molecule has 4 aliphatic carbocycles. The zero-order chi connectivity index (χ0) is 22.8. The Morgan fingerprint density at radius 3 is 2.41 bits per heavy atom. The van der Waals surface area contributed by atoms with E-state index in [0.29, 0.717) is 24.2 Å². The molecule has 172 valence electrons. The Balaban J connectivity index is 1.36. The van der Waals surface area contributed by atoms with Gasteiger partial charge < -0.3 is 20.1 Å². The second-order valence-electron chi connectivity index (χ2n) is 10.8. The van der Waals surface area contributed by atoms with E-state index >= 15 is 0 Å². The third kappa shape index (κ3) is 3.06. The van der Waals surface area contributed by atoms with E-state index in [1.165, 1.54) is 5.57 Å². The summed E-state index contributed by atoms with van der Waals surface area (Å²) in [7, 11) is 0. The number of ether oxygens (including phenoxy) is 1. The molecule has 0 amide bonds. The van der Waals surface area contributed by atoms with Crippen molar-refractivity contribution in [3.63, 3.8) is 0 Å². The predicted molar refractivity (Wildman–Crippen MR) is 117 cm³/mol. The fourth-order valence-electron chi connectivity index (χ4n) is 7.62. The predicted octanol–water partition coefficient (Wildman–Crippen LogP) is 4.86. The molecule has 0 aromatic heterocycles. The molecule has 0 radical (unpaired) electrons. The molecule has 0 unspecified atom stereocenters. The number of hydrogen-bond donors (Lipinski definition) is 3. The summed E-state index contributed by atoms with van der Waals surface area (Å²) in [5.74, 6) is -0.403. The molecule has 4 aliphatic rings. The smallest absolute Gasteiger partial charge is 0.338 e. The van der Waals surface area contributed by atoms with Gasteiger partial charge in [-0.25, -0.2) is 4.79 Å². The van der Waals surface area contributed by atoms with Crippen molar-refractivity contribution in [2.24, 2.45) is 28.6 Å². The summed E-state index contributed by atoms with van der Waals surface area (Å²) >= 11 is 0. The van der Waals surface area contributed by atoms with E-state index in [1.54, 1.807) is 0 Å². The number of hydrogen-bond acceptors (Lipinski definition) is 6. The van der Waals surface area contributed by atoms with Gasteiger partial charge in [0.2, 0.25) is 0 Å². The zero-order valence-electron chi connectivity index (χ0n) is 18.8. The van der Waals surface area contributed by atoms with E-state index in [0.717, 1.165) is 57.1 Å². The number of benzene rings is 1. The molecule has 5 rings (SSSR count). The van der Waals surface area contributed by atoms with Crippen molar-refractivity contribution in [3.8, 4) is 17.2 Å². The zero-order valence-corrected chi connectivity index (χ0v) is 18.8. The van der Waals surface area contributed by atoms with Crippen LogP contribution in [0.5, 0.6) is 17.2 Å². The van der Waals surface area contributed by atoms with Crippen LogP contribution < -0.4 is 0 Å². The van der Waals surface area contributed by atoms with Crippen LogP contribution in [0.3, 0.4) is 0 Å². The van der Waals surface area contributed by atoms with Crippen molar-refractivity contribution >= 4 is 11.8 Å². The Morgan fingerprint density at radius 1 is 0.969 bits per heavy atom. The van der Waals surface area contributed by atoms with Crippen LogP contribution in [0.25, 0.3) is 0 Å². The fraction of sp³-hybridized carbons (Fsp3) is 0.615. The van der Waals surface area contributed by atoms with Crippen molar-refractivity contribution < 1.29 is 29.6 Å². The Morgan fingerprint density at radius 2 is 1.69 bits per heavy atom. The summed E-state index contributed by atoms with van der Waals surface area (Å²) in [6.07, 6.45) is 9.30. The molecule has 6 atom stereocenters. The minimum Gasteiger partial charge on any atom is -0.504 e. The molecule has 0 aliphatic heterocycles. The lowest BCUT2D eigenvalue weighted by Gasteiger charge is -2.57. The van der Waals surface area contributed by atoms with E-state index in [9.17, 15) is 24.9 Å². The maximum Gasteiger partial charge on any atom is 0.338 e. The van der Waals surface area contributed by atoms with Crippen LogP contribution in [0, 0.1) is 28.6 Å². The first kappa shape index (κ1) is 21.4. The van der Waals surface area contributed by atoms with Gasteiger partial charge in [-0.1, -0.05) is 19.4 Å². The molecule has 6 heteroatoms. The number of fused-ring (bicyclic) bond motifs is 5. The van der Waals surface area contributed by atoms with Crippen molar-refractivity contribution in [1.29, 1.82) is 0 Å². The summed E-state index contributed by atoms with van der Waals surface area (Å²) in [5.41, 5.74) is 1.41. The Hall–Kier alpha value is -2.50. The normalized spacial score (nSPS) is 38.3. The Kier molecular flexibility index (Phi) is 4.84. The number of phenolic OH excluding ortho intramolecular Hbond substituents is 3. The average molecular weight is 441 g/mol. The second kappa shape index (κ2) is 7.26. The van der Waals surface area contributed by atoms with Crippen LogP contribution in [0.15, 0.2) is 23.8 Å². The maximum atomic E-state index is 12.8. The molecule has 6 nitrogen and oxygen atoms in total. The van der Waals surface area contributed by atoms with Gasteiger partial charge in [0.05, 0.1) is 5.56 Å². The van der Waals surface area contributed by atoms with Gasteiger partial charge in [0.25, 0.3) is 0 Å². The third-order valence-corrected chi connectivity index (χ3v) is 9.43. The van der Waals surface area contributed by atoms with Gasteiger partial charge in [-0.3, -0.25) is 4.79 Å². The van der Waals surface area contributed by atoms with Crippen molar-refractivity contribution in [3.05, 3.63) is 29.3 Å². The molecule has 1 aromatic carbocycles. The van der Waals surface area contributed by atoms with Gasteiger partial charge in [-0.2, -0.15) is 0 Å². The van der Waals surface area contributed by atoms with E-state index in [1.807, 2.05) is 6.08 Å². The topological polar surface area (TPSA) is 104 Å². The quantitative estimate of drug-likeness (QED) is 0.448. The van der Waals surface area contributed by atoms with Gasteiger partial charge in [0.1, 0.15) is 6.10 Å². The average Bonchev–Trinajstić information content (AvgIpc) is 3.08. The maximum absolute atomic E-state index is 12.8. The molecular weight excluding hydrogens is 408 g/mol. The molecule has 32 heavy (non-hydrogen) atoms. The van der Waals surface area contributed by atoms with Crippen molar-refractivity contribution in [2.75, 3.05) is 0 Å². The van der Waals surface area contributed by atoms with Crippen LogP contribution in [-0.2, 0) is 9.53 Å². The van der Waals surface area contributed by atoms with Crippen LogP contribution in [0.2, 0.25) is 0 Å². The highest BCUT2D eigenvalue weighted by Gasteiger charge is 2.60. The van der Waals surface area contributed by atoms with Crippen LogP contribution in [0.4, 0.5) is 0 Å². The summed E-state index contributed by atoms with van der Waals surface area (Å²) in [6, 6.07) is 2.26.